The third kappa shape index (κ3) is 5.32. The van der Waals surface area contributed by atoms with Gasteiger partial charge in [-0.3, -0.25) is 14.9 Å². The van der Waals surface area contributed by atoms with Gasteiger partial charge in [0, 0.05) is 22.8 Å². The number of nitrogens with one attached hydrogen (secondary N) is 2. The maximum atomic E-state index is 11.9. The summed E-state index contributed by atoms with van der Waals surface area (Å²) in [6.07, 6.45) is 0.147. The summed E-state index contributed by atoms with van der Waals surface area (Å²) in [4.78, 5) is 22.1. The first-order valence-electron chi connectivity index (χ1n) is 6.54. The summed E-state index contributed by atoms with van der Waals surface area (Å²) in [5.41, 5.74) is 1.16. The SMILES string of the molecule is O=C(Cc1ccc(Cl)cc1)NC(=S)Nc1cccc([N+](=O)[O-])c1. The minimum Gasteiger partial charge on any atom is -0.332 e. The van der Waals surface area contributed by atoms with Gasteiger partial charge >= 0.3 is 0 Å². The van der Waals surface area contributed by atoms with E-state index in [0.717, 1.165) is 5.56 Å². The molecule has 0 spiro atoms. The van der Waals surface area contributed by atoms with Crippen molar-refractivity contribution in [1.82, 2.24) is 5.32 Å². The van der Waals surface area contributed by atoms with Gasteiger partial charge < -0.3 is 10.6 Å². The number of thiocarbonyl (C=S) groups is 1. The summed E-state index contributed by atoms with van der Waals surface area (Å²) >= 11 is 10.8. The van der Waals surface area contributed by atoms with Crippen molar-refractivity contribution in [3.63, 3.8) is 0 Å². The molecule has 0 atom stereocenters. The van der Waals surface area contributed by atoms with Crippen LogP contribution in [-0.4, -0.2) is 15.9 Å². The van der Waals surface area contributed by atoms with Crippen molar-refractivity contribution in [2.75, 3.05) is 5.32 Å². The Labute approximate surface area is 142 Å². The first-order chi connectivity index (χ1) is 10.9. The minimum atomic E-state index is -0.507. The van der Waals surface area contributed by atoms with Crippen molar-refractivity contribution >= 4 is 46.2 Å². The van der Waals surface area contributed by atoms with E-state index in [1.54, 1.807) is 30.3 Å². The molecule has 0 aliphatic heterocycles. The number of nitro benzene ring substituents is 1. The van der Waals surface area contributed by atoms with Crippen LogP contribution in [0.15, 0.2) is 48.5 Å². The molecule has 0 bridgehead atoms. The Morgan fingerprint density at radius 3 is 2.57 bits per heavy atom. The predicted molar refractivity (Wildman–Crippen MR) is 92.6 cm³/mol. The van der Waals surface area contributed by atoms with E-state index >= 15 is 0 Å². The lowest BCUT2D eigenvalue weighted by atomic mass is 10.1. The summed E-state index contributed by atoms with van der Waals surface area (Å²) in [6.45, 7) is 0. The van der Waals surface area contributed by atoms with Crippen LogP contribution in [0.5, 0.6) is 0 Å². The number of hydrogen-bond acceptors (Lipinski definition) is 4. The van der Waals surface area contributed by atoms with Gasteiger partial charge in [-0.25, -0.2) is 0 Å². The molecular weight excluding hydrogens is 338 g/mol. The van der Waals surface area contributed by atoms with E-state index in [4.69, 9.17) is 23.8 Å². The summed E-state index contributed by atoms with van der Waals surface area (Å²) in [7, 11) is 0. The lowest BCUT2D eigenvalue weighted by Crippen LogP contribution is -2.35. The molecule has 1 amide bonds. The van der Waals surface area contributed by atoms with Crippen LogP contribution in [0.3, 0.4) is 0 Å². The van der Waals surface area contributed by atoms with Crippen LogP contribution in [0.25, 0.3) is 0 Å². The fourth-order valence-electron chi connectivity index (χ4n) is 1.82. The molecule has 118 valence electrons. The van der Waals surface area contributed by atoms with E-state index in [2.05, 4.69) is 10.6 Å². The molecule has 8 heteroatoms. The molecule has 0 unspecified atom stereocenters. The van der Waals surface area contributed by atoms with Crippen LogP contribution in [0.1, 0.15) is 5.56 Å². The Hall–Kier alpha value is -2.51. The van der Waals surface area contributed by atoms with E-state index in [-0.39, 0.29) is 23.1 Å². The molecule has 0 aromatic heterocycles. The third-order valence-corrected chi connectivity index (χ3v) is 3.30. The molecule has 0 heterocycles. The Balaban J connectivity index is 1.91. The number of rotatable bonds is 4. The molecule has 0 aliphatic carbocycles. The minimum absolute atomic E-state index is 0.0645. The van der Waals surface area contributed by atoms with Gasteiger partial charge in [-0.2, -0.15) is 0 Å². The summed E-state index contributed by atoms with van der Waals surface area (Å²) in [5.74, 6) is -0.296. The van der Waals surface area contributed by atoms with Gasteiger partial charge in [0.05, 0.1) is 11.3 Å². The highest BCUT2D eigenvalue weighted by Gasteiger charge is 2.09. The predicted octanol–water partition coefficient (Wildman–Crippen LogP) is 3.30. The van der Waals surface area contributed by atoms with Crippen molar-refractivity contribution in [2.24, 2.45) is 0 Å². The van der Waals surface area contributed by atoms with Gasteiger partial charge in [-0.05, 0) is 36.0 Å². The maximum absolute atomic E-state index is 11.9. The van der Waals surface area contributed by atoms with Gasteiger partial charge in [0.15, 0.2) is 5.11 Å². The zero-order chi connectivity index (χ0) is 16.8. The van der Waals surface area contributed by atoms with Crippen LogP contribution in [0.2, 0.25) is 5.02 Å². The highest BCUT2D eigenvalue weighted by atomic mass is 35.5. The molecule has 0 saturated heterocycles. The van der Waals surface area contributed by atoms with Gasteiger partial charge in [-0.15, -0.1) is 0 Å². The topological polar surface area (TPSA) is 84.3 Å². The van der Waals surface area contributed by atoms with Gasteiger partial charge in [-0.1, -0.05) is 29.8 Å². The second-order valence-electron chi connectivity index (χ2n) is 4.61. The fourth-order valence-corrected chi connectivity index (χ4v) is 2.18. The number of amides is 1. The van der Waals surface area contributed by atoms with Crippen LogP contribution in [0.4, 0.5) is 11.4 Å². The average molecular weight is 350 g/mol. The van der Waals surface area contributed by atoms with Crippen LogP contribution >= 0.6 is 23.8 Å². The van der Waals surface area contributed by atoms with E-state index in [0.29, 0.717) is 10.7 Å². The van der Waals surface area contributed by atoms with E-state index in [1.807, 2.05) is 0 Å². The zero-order valence-electron chi connectivity index (χ0n) is 11.8. The largest absolute Gasteiger partial charge is 0.332 e. The molecule has 0 radical (unpaired) electrons. The first kappa shape index (κ1) is 16.9. The Bertz CT molecular complexity index is 750. The monoisotopic (exact) mass is 349 g/mol. The van der Waals surface area contributed by atoms with Crippen LogP contribution < -0.4 is 10.6 Å². The summed E-state index contributed by atoms with van der Waals surface area (Å²) in [6, 6.07) is 12.7. The molecule has 0 fully saturated rings. The number of carbonyl (C=O) groups is 1. The molecule has 2 aromatic rings. The number of nitro groups is 1. The van der Waals surface area contributed by atoms with Crippen molar-refractivity contribution < 1.29 is 9.72 Å². The lowest BCUT2D eigenvalue weighted by molar-refractivity contribution is -0.384. The van der Waals surface area contributed by atoms with Gasteiger partial charge in [0.2, 0.25) is 5.91 Å². The average Bonchev–Trinajstić information content (AvgIpc) is 2.49. The molecule has 2 N–H and O–H groups in total. The normalized spacial score (nSPS) is 9.96. The smallest absolute Gasteiger partial charge is 0.271 e. The van der Waals surface area contributed by atoms with Gasteiger partial charge in [0.25, 0.3) is 5.69 Å². The second kappa shape index (κ2) is 7.66. The van der Waals surface area contributed by atoms with Crippen molar-refractivity contribution in [2.45, 2.75) is 6.42 Å². The zero-order valence-corrected chi connectivity index (χ0v) is 13.4. The Morgan fingerprint density at radius 1 is 1.22 bits per heavy atom. The maximum Gasteiger partial charge on any atom is 0.271 e. The Kier molecular flexibility index (Phi) is 5.61. The molecule has 0 saturated carbocycles. The number of benzene rings is 2. The standard InChI is InChI=1S/C15H12ClN3O3S/c16-11-6-4-10(5-7-11)8-14(20)18-15(23)17-12-2-1-3-13(9-12)19(21)22/h1-7,9H,8H2,(H2,17,18,20,23). The molecule has 0 aliphatic rings. The Morgan fingerprint density at radius 2 is 1.91 bits per heavy atom. The summed E-state index contributed by atoms with van der Waals surface area (Å²) < 4.78 is 0. The summed E-state index contributed by atoms with van der Waals surface area (Å²) in [5, 5.41) is 16.6. The number of carbonyl (C=O) groups excluding carboxylic acids is 1. The molecule has 2 rings (SSSR count). The number of hydrogen-bond donors (Lipinski definition) is 2. The molecule has 2 aromatic carbocycles. The third-order valence-electron chi connectivity index (χ3n) is 2.85. The fraction of sp³-hybridized carbons (Fsp3) is 0.0667. The van der Waals surface area contributed by atoms with Gasteiger partial charge in [0.1, 0.15) is 0 Å². The van der Waals surface area contributed by atoms with Crippen molar-refractivity contribution in [1.29, 1.82) is 0 Å². The second-order valence-corrected chi connectivity index (χ2v) is 5.46. The number of halogens is 1. The highest BCUT2D eigenvalue weighted by molar-refractivity contribution is 7.80. The number of anilines is 1. The van der Waals surface area contributed by atoms with E-state index in [9.17, 15) is 14.9 Å². The van der Waals surface area contributed by atoms with Crippen molar-refractivity contribution in [3.05, 3.63) is 69.2 Å². The van der Waals surface area contributed by atoms with E-state index < -0.39 is 4.92 Å². The first-order valence-corrected chi connectivity index (χ1v) is 7.32. The quantitative estimate of drug-likeness (QED) is 0.502. The molecular formula is C15H12ClN3O3S. The van der Waals surface area contributed by atoms with Crippen LogP contribution in [0, 0.1) is 10.1 Å². The molecule has 23 heavy (non-hydrogen) atoms. The van der Waals surface area contributed by atoms with Crippen molar-refractivity contribution in [3.8, 4) is 0 Å². The molecule has 6 nitrogen and oxygen atoms in total. The van der Waals surface area contributed by atoms with Crippen LogP contribution in [-0.2, 0) is 11.2 Å². The lowest BCUT2D eigenvalue weighted by Gasteiger charge is -2.09. The number of non-ortho nitro benzene ring substituents is 1. The number of nitrogens with zero attached hydrogens (tertiary/aromatic N) is 1. The van der Waals surface area contributed by atoms with E-state index in [1.165, 1.54) is 18.2 Å². The highest BCUT2D eigenvalue weighted by Crippen LogP contribution is 2.16.